The molecule has 8 aromatic rings. The molecular weight excluding hydrogens is 1860 g/mol. The summed E-state index contributed by atoms with van der Waals surface area (Å²) < 4.78 is 174. The third kappa shape index (κ3) is 21.4. The first-order valence-electron chi connectivity index (χ1n) is 39.5. The molecule has 19 rings (SSSR count). The summed E-state index contributed by atoms with van der Waals surface area (Å²) in [6.07, 6.45) is 13.0. The number of imidazole rings is 1. The molecule has 12 heterocycles. The van der Waals surface area contributed by atoms with Gasteiger partial charge in [-0.05, 0) is 189 Å². The molecule has 2 atom stereocenters. The number of halogens is 14. The molecule has 0 saturated carbocycles. The van der Waals surface area contributed by atoms with E-state index in [0.717, 1.165) is 52.0 Å². The Morgan fingerprint density at radius 2 is 0.815 bits per heavy atom. The number of carbonyl (C=O) groups excluding carboxylic acids is 10. The average molecular weight is 1940 g/mol. The maximum absolute atomic E-state index is 13.8. The van der Waals surface area contributed by atoms with Gasteiger partial charge in [-0.1, -0.05) is 74.9 Å². The molecule has 0 bridgehead atoms. The van der Waals surface area contributed by atoms with Gasteiger partial charge in [0.15, 0.2) is 0 Å². The van der Waals surface area contributed by atoms with E-state index in [-0.39, 0.29) is 57.2 Å². The van der Waals surface area contributed by atoms with E-state index < -0.39 is 118 Å². The zero-order chi connectivity index (χ0) is 94.2. The zero-order valence-corrected chi connectivity index (χ0v) is 72.6. The van der Waals surface area contributed by atoms with Crippen LogP contribution in [0.5, 0.6) is 0 Å². The van der Waals surface area contributed by atoms with Gasteiger partial charge in [0.25, 0.3) is 35.3 Å². The van der Waals surface area contributed by atoms with Gasteiger partial charge in [0.1, 0.15) is 40.8 Å². The largest absolute Gasteiger partial charge is 0.444 e. The Balaban J connectivity index is 0.000000133. The molecule has 0 spiro atoms. The molecule has 7 aromatic carbocycles. The van der Waals surface area contributed by atoms with Crippen molar-refractivity contribution in [1.29, 1.82) is 0 Å². The van der Waals surface area contributed by atoms with E-state index in [9.17, 15) is 101 Å². The standard InChI is InChI=1S/C22H16F4N4O2.C17H18F2N2O3.C13H10F2N4O.C12H10F2N2O.C9H15NO2.C8H4BrF2NO.C8H4BrNO2/c23-15-7-14(8-16(24)9-15)19-3-4-27-30(19)21(32)29-10-13(11-29)5-12-1-2-17-18(6-12)28-20(31)22(17,25)26;1-16(2,3)24-15(23)21-8-11(9-21)6-10-4-5-12-13(7-10)20-14(22)17(12,18)19;14-10-5-9(6-11(15)7-10)12-1-2-17-19(12)13(20)18-4-3-16-8-18;13-12(14)9-2-1-7(3-8-5-15-6-8)4-10(9)16-11(12)17;1-7-5-10(6-7)8(11)12-9(2,3)4;9-4-1-2-5-6(3-4)12-7(13)8(5,10)11;9-4-1-2-5-6(3-4)10-8(12)7(5)11/h1-2,4-9,19H,3,10-11H2,(H,28,31);4-7H,8-9H2,1-3H3,(H,20,22);2-8,12H,1H2;1-4,15H,5-6H2,(H,16,17);1,5-6H2,2-4H3;1-3H,(H,12,13);1-3H,(H,10,11,12)/t19-;;12-;;;;/m0.0..../s1. The van der Waals surface area contributed by atoms with Crippen molar-refractivity contribution < 1.29 is 110 Å². The maximum atomic E-state index is 13.8. The first kappa shape index (κ1) is 94.1. The van der Waals surface area contributed by atoms with Crippen LogP contribution in [0.15, 0.2) is 194 Å². The number of rotatable bonds is 5. The van der Waals surface area contributed by atoms with Crippen molar-refractivity contribution in [3.63, 3.8) is 0 Å². The fourth-order valence-corrected chi connectivity index (χ4v) is 14.7. The second-order valence-electron chi connectivity index (χ2n) is 32.7. The summed E-state index contributed by atoms with van der Waals surface area (Å²) in [7, 11) is 0. The first-order chi connectivity index (χ1) is 61.1. The Morgan fingerprint density at radius 3 is 1.19 bits per heavy atom. The highest BCUT2D eigenvalue weighted by molar-refractivity contribution is 9.10. The highest BCUT2D eigenvalue weighted by atomic mass is 79.9. The second-order valence-corrected chi connectivity index (χ2v) is 34.5. The average Bonchev–Trinajstić information content (AvgIpc) is 1.53. The van der Waals surface area contributed by atoms with E-state index >= 15 is 0 Å². The first-order valence-corrected chi connectivity index (χ1v) is 41.1. The van der Waals surface area contributed by atoms with E-state index in [4.69, 9.17) is 9.47 Å². The lowest BCUT2D eigenvalue weighted by Crippen LogP contribution is -2.49. The minimum absolute atomic E-state index is 0.0678. The number of ether oxygens (including phenoxy) is 2. The van der Waals surface area contributed by atoms with Crippen molar-refractivity contribution >= 4 is 151 Å². The molecule has 6 N–H and O–H groups in total. The predicted octanol–water partition coefficient (Wildman–Crippen LogP) is 17.8. The number of benzene rings is 7. The Morgan fingerprint density at radius 1 is 0.454 bits per heavy atom. The lowest BCUT2D eigenvalue weighted by molar-refractivity contribution is -0.139. The molecule has 130 heavy (non-hydrogen) atoms. The number of fused-ring (bicyclic) bond motifs is 5. The monoisotopic (exact) mass is 1930 g/mol. The number of carbonyl (C=O) groups is 10. The number of urea groups is 1. The number of hydrogen-bond donors (Lipinski definition) is 6. The molecule has 11 aliphatic rings. The van der Waals surface area contributed by atoms with Gasteiger partial charge in [-0.2, -0.15) is 45.3 Å². The summed E-state index contributed by atoms with van der Waals surface area (Å²) >= 11 is 6.37. The van der Waals surface area contributed by atoms with Crippen molar-refractivity contribution in [2.45, 2.75) is 101 Å². The second kappa shape index (κ2) is 37.3. The molecule has 10 amide bonds. The fourth-order valence-electron chi connectivity index (χ4n) is 14.0. The topological polar surface area (TPSA) is 320 Å². The minimum atomic E-state index is -3.54. The highest BCUT2D eigenvalue weighted by Crippen LogP contribution is 2.46. The van der Waals surface area contributed by atoms with Crippen LogP contribution in [0, 0.1) is 23.3 Å². The summed E-state index contributed by atoms with van der Waals surface area (Å²) in [6, 6.07) is 26.6. The van der Waals surface area contributed by atoms with Crippen LogP contribution < -0.4 is 31.9 Å². The molecule has 0 unspecified atom stereocenters. The van der Waals surface area contributed by atoms with Crippen molar-refractivity contribution in [3.05, 3.63) is 263 Å². The Kier molecular flexibility index (Phi) is 27.0. The Hall–Kier alpha value is -13.6. The number of ketones is 1. The van der Waals surface area contributed by atoms with Crippen LogP contribution in [0.1, 0.15) is 127 Å². The highest BCUT2D eigenvalue weighted by Gasteiger charge is 2.52. The number of likely N-dealkylation sites (tertiary alicyclic amines) is 3. The maximum Gasteiger partial charge on any atom is 0.410 e. The SMILES string of the molecule is C=C1CN(C(=O)OC(C)(C)C)C1.CC(C)(C)OC(=O)N1CC(=Cc2ccc3c(c2)NC(=O)C3(F)F)C1.O=C(N1CC(=Cc2ccc3c(c2)NC(=O)C3(F)F)C1)N1N=CC[C@H]1c1cc(F)cc(F)c1.O=C(N1N=CC[C@H]1c1cc(F)cc(F)c1)n1ccnc1.O=C1Nc2cc(Br)ccc2C1(F)F.O=C1Nc2cc(Br)ccc2C1=O.O=C1Nc2cc(C=C3CNC3)ccc2C1(F)F. The molecule has 1 aromatic heterocycles. The van der Waals surface area contributed by atoms with Gasteiger partial charge in [0.2, 0.25) is 0 Å². The summed E-state index contributed by atoms with van der Waals surface area (Å²) in [4.78, 5) is 123. The Bertz CT molecular complexity index is 6060. The van der Waals surface area contributed by atoms with Crippen molar-refractivity contribution in [2.75, 3.05) is 78.9 Å². The predicted molar refractivity (Wildman–Crippen MR) is 460 cm³/mol. The van der Waals surface area contributed by atoms with Crippen LogP contribution in [0.2, 0.25) is 0 Å². The minimum Gasteiger partial charge on any atom is -0.444 e. The smallest absolute Gasteiger partial charge is 0.410 e. The zero-order valence-electron chi connectivity index (χ0n) is 69.4. The van der Waals surface area contributed by atoms with E-state index in [1.807, 2.05) is 32.9 Å². The van der Waals surface area contributed by atoms with Gasteiger partial charge >= 0.3 is 47.9 Å². The van der Waals surface area contributed by atoms with Gasteiger partial charge in [-0.3, -0.25) is 33.3 Å². The molecule has 678 valence electrons. The molecule has 4 saturated heterocycles. The number of alkyl halides is 8. The van der Waals surface area contributed by atoms with Crippen LogP contribution in [0.4, 0.5) is 100 Å². The van der Waals surface area contributed by atoms with Gasteiger partial charge in [0.05, 0.1) is 68.3 Å². The van der Waals surface area contributed by atoms with Gasteiger partial charge in [-0.15, -0.1) is 0 Å². The molecule has 4 fully saturated rings. The number of hydrazone groups is 2. The summed E-state index contributed by atoms with van der Waals surface area (Å²) in [6.45, 7) is 19.2. The number of aromatic nitrogens is 2. The fraction of sp³-hybridized carbons (Fsp3) is 0.270. The quantitative estimate of drug-likeness (QED) is 0.0530. The molecule has 41 heteroatoms. The lowest BCUT2D eigenvalue weighted by Gasteiger charge is -2.37. The number of hydrogen-bond acceptors (Lipinski definition) is 16. The number of nitrogens with one attached hydrogen (secondary N) is 6. The Labute approximate surface area is 749 Å². The number of amides is 10. The summed E-state index contributed by atoms with van der Waals surface area (Å²) in [5, 5.41) is 24.7. The van der Waals surface area contributed by atoms with Crippen LogP contribution in [-0.4, -0.2) is 170 Å². The van der Waals surface area contributed by atoms with E-state index in [1.165, 1.54) is 135 Å². The normalized spacial score (nSPS) is 18.7. The van der Waals surface area contributed by atoms with Crippen LogP contribution in [0.25, 0.3) is 18.2 Å². The third-order valence-corrected chi connectivity index (χ3v) is 21.4. The van der Waals surface area contributed by atoms with Crippen LogP contribution in [-0.2, 0) is 57.1 Å². The van der Waals surface area contributed by atoms with E-state index in [0.29, 0.717) is 90.1 Å². The summed E-state index contributed by atoms with van der Waals surface area (Å²) in [5.74, 6) is -22.8. The third-order valence-electron chi connectivity index (χ3n) is 20.4. The molecule has 0 aliphatic carbocycles. The van der Waals surface area contributed by atoms with Gasteiger partial charge in [0, 0.05) is 111 Å². The molecule has 0 radical (unpaired) electrons. The molecule has 27 nitrogen and oxygen atoms in total. The van der Waals surface area contributed by atoms with Crippen molar-refractivity contribution in [3.8, 4) is 0 Å². The van der Waals surface area contributed by atoms with Crippen molar-refractivity contribution in [2.24, 2.45) is 10.2 Å². The molecular formula is C89H77Br2F12N15O12. The van der Waals surface area contributed by atoms with Crippen LogP contribution >= 0.6 is 31.9 Å². The van der Waals surface area contributed by atoms with Gasteiger partial charge in [-0.25, -0.2) is 51.7 Å². The van der Waals surface area contributed by atoms with Crippen molar-refractivity contribution in [1.82, 2.24) is 39.6 Å². The number of nitrogens with zero attached hydrogens (tertiary/aromatic N) is 9. The lowest BCUT2D eigenvalue weighted by atomic mass is 10.0. The van der Waals surface area contributed by atoms with Gasteiger partial charge < -0.3 is 56.1 Å². The number of anilines is 5. The van der Waals surface area contributed by atoms with Crippen LogP contribution in [0.3, 0.4) is 0 Å². The number of Topliss-reactive ketones (excluding diaryl/α,β-unsaturated/α-hetero) is 1. The molecule has 11 aliphatic heterocycles. The van der Waals surface area contributed by atoms with E-state index in [2.05, 4.69) is 85.5 Å². The van der Waals surface area contributed by atoms with E-state index in [1.54, 1.807) is 73.2 Å². The summed E-state index contributed by atoms with van der Waals surface area (Å²) in [5.41, 5.74) is 6.51.